The molecule has 1 unspecified atom stereocenters. The molecule has 1 atom stereocenters. The molecule has 0 saturated carbocycles. The molecule has 0 aliphatic rings. The smallest absolute Gasteiger partial charge is 0.129 e. The standard InChI is InChI=1S/C14H18F2N4/c1-20-7-6-18-14(20)5-4-12(19-17)8-10-2-3-11(15)9-13(10)16/h2-3,6-7,9,12,19H,4-5,8,17H2,1H3. The summed E-state index contributed by atoms with van der Waals surface area (Å²) >= 11 is 0. The van der Waals surface area contributed by atoms with E-state index in [4.69, 9.17) is 5.84 Å². The molecule has 0 bridgehead atoms. The van der Waals surface area contributed by atoms with Crippen LogP contribution in [0.25, 0.3) is 0 Å². The second kappa shape index (κ2) is 6.58. The van der Waals surface area contributed by atoms with Crippen molar-refractivity contribution in [1.82, 2.24) is 15.0 Å². The van der Waals surface area contributed by atoms with Crippen LogP contribution in [-0.2, 0) is 19.9 Å². The van der Waals surface area contributed by atoms with Crippen molar-refractivity contribution in [3.63, 3.8) is 0 Å². The third-order valence-corrected chi connectivity index (χ3v) is 3.35. The van der Waals surface area contributed by atoms with Gasteiger partial charge in [-0.25, -0.2) is 13.8 Å². The van der Waals surface area contributed by atoms with Crippen LogP contribution in [0.5, 0.6) is 0 Å². The highest BCUT2D eigenvalue weighted by atomic mass is 19.1. The van der Waals surface area contributed by atoms with Crippen molar-refractivity contribution in [2.24, 2.45) is 12.9 Å². The largest absolute Gasteiger partial charge is 0.338 e. The Labute approximate surface area is 116 Å². The van der Waals surface area contributed by atoms with Crippen LogP contribution in [0.3, 0.4) is 0 Å². The average Bonchev–Trinajstić information content (AvgIpc) is 2.82. The fourth-order valence-electron chi connectivity index (χ4n) is 2.14. The summed E-state index contributed by atoms with van der Waals surface area (Å²) in [4.78, 5) is 4.23. The van der Waals surface area contributed by atoms with E-state index in [0.717, 1.165) is 24.7 Å². The van der Waals surface area contributed by atoms with Gasteiger partial charge in [0.05, 0.1) is 0 Å². The van der Waals surface area contributed by atoms with Gasteiger partial charge in [0, 0.05) is 38.0 Å². The molecular formula is C14H18F2N4. The molecule has 1 aromatic heterocycles. The van der Waals surface area contributed by atoms with E-state index < -0.39 is 11.6 Å². The Kier molecular flexibility index (Phi) is 4.81. The summed E-state index contributed by atoms with van der Waals surface area (Å²) < 4.78 is 28.4. The van der Waals surface area contributed by atoms with Crippen molar-refractivity contribution in [3.05, 3.63) is 53.6 Å². The Bertz CT molecular complexity index is 568. The number of imidazole rings is 1. The first-order valence-electron chi connectivity index (χ1n) is 6.46. The van der Waals surface area contributed by atoms with E-state index in [-0.39, 0.29) is 6.04 Å². The van der Waals surface area contributed by atoms with E-state index in [0.29, 0.717) is 12.0 Å². The quantitative estimate of drug-likeness (QED) is 0.625. The Balaban J connectivity index is 1.97. The number of hydrazine groups is 1. The van der Waals surface area contributed by atoms with Gasteiger partial charge in [-0.3, -0.25) is 11.3 Å². The molecule has 0 saturated heterocycles. The van der Waals surface area contributed by atoms with Crippen LogP contribution in [0.1, 0.15) is 17.8 Å². The lowest BCUT2D eigenvalue weighted by molar-refractivity contribution is 0.471. The number of nitrogens with two attached hydrogens (primary N) is 1. The van der Waals surface area contributed by atoms with E-state index in [1.807, 2.05) is 17.8 Å². The molecule has 0 aliphatic heterocycles. The van der Waals surface area contributed by atoms with Gasteiger partial charge in [0.15, 0.2) is 0 Å². The Morgan fingerprint density at radius 2 is 2.20 bits per heavy atom. The summed E-state index contributed by atoms with van der Waals surface area (Å²) in [6, 6.07) is 3.51. The number of aromatic nitrogens is 2. The van der Waals surface area contributed by atoms with E-state index >= 15 is 0 Å². The fourth-order valence-corrected chi connectivity index (χ4v) is 2.14. The molecule has 0 spiro atoms. The minimum absolute atomic E-state index is 0.0911. The molecule has 3 N–H and O–H groups in total. The van der Waals surface area contributed by atoms with Crippen molar-refractivity contribution in [2.45, 2.75) is 25.3 Å². The number of halogens is 2. The van der Waals surface area contributed by atoms with Gasteiger partial charge in [0.1, 0.15) is 17.5 Å². The van der Waals surface area contributed by atoms with Crippen molar-refractivity contribution < 1.29 is 8.78 Å². The van der Waals surface area contributed by atoms with Gasteiger partial charge < -0.3 is 4.57 Å². The number of rotatable bonds is 6. The minimum atomic E-state index is -0.573. The van der Waals surface area contributed by atoms with Gasteiger partial charge >= 0.3 is 0 Å². The van der Waals surface area contributed by atoms with Gasteiger partial charge in [-0.1, -0.05) is 6.07 Å². The zero-order valence-electron chi connectivity index (χ0n) is 11.3. The van der Waals surface area contributed by atoms with Crippen LogP contribution < -0.4 is 11.3 Å². The molecule has 2 aromatic rings. The number of hydrogen-bond donors (Lipinski definition) is 2. The third-order valence-electron chi connectivity index (χ3n) is 3.35. The minimum Gasteiger partial charge on any atom is -0.338 e. The van der Waals surface area contributed by atoms with Crippen molar-refractivity contribution in [3.8, 4) is 0 Å². The summed E-state index contributed by atoms with van der Waals surface area (Å²) in [6.07, 6.45) is 5.48. The first-order valence-corrected chi connectivity index (χ1v) is 6.46. The van der Waals surface area contributed by atoms with Crippen LogP contribution in [-0.4, -0.2) is 15.6 Å². The van der Waals surface area contributed by atoms with E-state index in [2.05, 4.69) is 10.4 Å². The van der Waals surface area contributed by atoms with Gasteiger partial charge in [0.25, 0.3) is 0 Å². The molecule has 108 valence electrons. The molecule has 0 fully saturated rings. The van der Waals surface area contributed by atoms with Crippen LogP contribution >= 0.6 is 0 Å². The summed E-state index contributed by atoms with van der Waals surface area (Å²) in [6.45, 7) is 0. The molecule has 0 radical (unpaired) electrons. The number of benzene rings is 1. The SMILES string of the molecule is Cn1ccnc1CCC(Cc1ccc(F)cc1F)NN. The number of nitrogens with one attached hydrogen (secondary N) is 1. The number of aryl methyl sites for hydroxylation is 2. The zero-order valence-corrected chi connectivity index (χ0v) is 11.3. The molecule has 0 aliphatic carbocycles. The predicted molar refractivity (Wildman–Crippen MR) is 72.7 cm³/mol. The average molecular weight is 280 g/mol. The maximum absolute atomic E-state index is 13.6. The van der Waals surface area contributed by atoms with Crippen LogP contribution in [0, 0.1) is 11.6 Å². The monoisotopic (exact) mass is 280 g/mol. The maximum atomic E-state index is 13.6. The summed E-state index contributed by atoms with van der Waals surface area (Å²) in [5.41, 5.74) is 3.13. The molecule has 20 heavy (non-hydrogen) atoms. The van der Waals surface area contributed by atoms with Crippen molar-refractivity contribution in [1.29, 1.82) is 0 Å². The van der Waals surface area contributed by atoms with E-state index in [1.165, 1.54) is 12.1 Å². The maximum Gasteiger partial charge on any atom is 0.129 e. The first-order chi connectivity index (χ1) is 9.60. The van der Waals surface area contributed by atoms with E-state index in [9.17, 15) is 8.78 Å². The normalized spacial score (nSPS) is 12.6. The second-order valence-electron chi connectivity index (χ2n) is 4.80. The molecule has 0 amide bonds. The second-order valence-corrected chi connectivity index (χ2v) is 4.80. The Morgan fingerprint density at radius 3 is 2.80 bits per heavy atom. The van der Waals surface area contributed by atoms with Crippen molar-refractivity contribution >= 4 is 0 Å². The van der Waals surface area contributed by atoms with Crippen LogP contribution in [0.2, 0.25) is 0 Å². The summed E-state index contributed by atoms with van der Waals surface area (Å²) in [5.74, 6) is 5.34. The topological polar surface area (TPSA) is 55.9 Å². The predicted octanol–water partition coefficient (Wildman–Crippen LogP) is 1.71. The molecule has 1 aromatic carbocycles. The highest BCUT2D eigenvalue weighted by molar-refractivity contribution is 5.19. The summed E-state index contributed by atoms with van der Waals surface area (Å²) in [7, 11) is 1.92. The first kappa shape index (κ1) is 14.6. The number of nitrogens with zero attached hydrogens (tertiary/aromatic N) is 2. The highest BCUT2D eigenvalue weighted by Crippen LogP contribution is 2.13. The number of hydrogen-bond acceptors (Lipinski definition) is 3. The van der Waals surface area contributed by atoms with Gasteiger partial charge in [0.2, 0.25) is 0 Å². The molecule has 1 heterocycles. The lowest BCUT2D eigenvalue weighted by atomic mass is 10.0. The van der Waals surface area contributed by atoms with Gasteiger partial charge in [-0.2, -0.15) is 0 Å². The van der Waals surface area contributed by atoms with E-state index in [1.54, 1.807) is 6.20 Å². The molecular weight excluding hydrogens is 262 g/mol. The van der Waals surface area contributed by atoms with Crippen molar-refractivity contribution in [2.75, 3.05) is 0 Å². The molecule has 4 nitrogen and oxygen atoms in total. The highest BCUT2D eigenvalue weighted by Gasteiger charge is 2.13. The lowest BCUT2D eigenvalue weighted by Gasteiger charge is -2.16. The molecule has 6 heteroatoms. The molecule has 2 rings (SSSR count). The van der Waals surface area contributed by atoms with Gasteiger partial charge in [-0.15, -0.1) is 0 Å². The summed E-state index contributed by atoms with van der Waals surface area (Å²) in [5, 5.41) is 0. The Hall–Kier alpha value is -1.79. The van der Waals surface area contributed by atoms with Crippen LogP contribution in [0.4, 0.5) is 8.78 Å². The third kappa shape index (κ3) is 3.61. The fraction of sp³-hybridized carbons (Fsp3) is 0.357. The zero-order chi connectivity index (χ0) is 14.5. The lowest BCUT2D eigenvalue weighted by Crippen LogP contribution is -2.37. The Morgan fingerprint density at radius 1 is 1.40 bits per heavy atom. The van der Waals surface area contributed by atoms with Crippen LogP contribution in [0.15, 0.2) is 30.6 Å². The van der Waals surface area contributed by atoms with Gasteiger partial charge in [-0.05, 0) is 24.5 Å².